The molecule has 1 heterocycles. The molecule has 1 aromatic rings. The van der Waals surface area contributed by atoms with Crippen molar-refractivity contribution in [2.75, 3.05) is 0 Å². The minimum absolute atomic E-state index is 0.0333. The number of ether oxygens (including phenoxy) is 1. The number of hydrogen-bond acceptors (Lipinski definition) is 3. The minimum Gasteiger partial charge on any atom is -0.481 e. The highest BCUT2D eigenvalue weighted by Crippen LogP contribution is 2.31. The zero-order chi connectivity index (χ0) is 13.9. The molecule has 0 bridgehead atoms. The van der Waals surface area contributed by atoms with Crippen LogP contribution in [0.1, 0.15) is 11.4 Å². The number of aliphatic carboxylic acids is 1. The van der Waals surface area contributed by atoms with Crippen molar-refractivity contribution in [3.8, 4) is 5.75 Å². The highest BCUT2D eigenvalue weighted by molar-refractivity contribution is 14.1. The molecule has 0 amide bonds. The standard InChI is InChI=1S/C9H6F4INO3/c10-3-6-8(18-9(11,12)13)5(14)1-4(15-6)2-7(16)17/h1H,2-3H2,(H,16,17). The van der Waals surface area contributed by atoms with Crippen molar-refractivity contribution in [1.29, 1.82) is 0 Å². The molecular weight excluding hydrogens is 373 g/mol. The number of hydrogen-bond donors (Lipinski definition) is 1. The van der Waals surface area contributed by atoms with Gasteiger partial charge in [-0.2, -0.15) is 0 Å². The lowest BCUT2D eigenvalue weighted by Gasteiger charge is -2.13. The summed E-state index contributed by atoms with van der Waals surface area (Å²) in [5, 5.41) is 8.53. The van der Waals surface area contributed by atoms with Gasteiger partial charge < -0.3 is 9.84 Å². The predicted molar refractivity (Wildman–Crippen MR) is 59.8 cm³/mol. The number of rotatable bonds is 4. The molecule has 0 saturated heterocycles. The fourth-order valence-electron chi connectivity index (χ4n) is 1.17. The fourth-order valence-corrected chi connectivity index (χ4v) is 1.95. The second-order valence-corrected chi connectivity index (χ2v) is 4.29. The topological polar surface area (TPSA) is 59.4 Å². The van der Waals surface area contributed by atoms with Crippen LogP contribution >= 0.6 is 22.6 Å². The molecule has 18 heavy (non-hydrogen) atoms. The van der Waals surface area contributed by atoms with Crippen LogP contribution in [0.2, 0.25) is 0 Å². The Morgan fingerprint density at radius 1 is 1.50 bits per heavy atom. The van der Waals surface area contributed by atoms with Crippen molar-refractivity contribution < 1.29 is 32.2 Å². The van der Waals surface area contributed by atoms with E-state index in [1.807, 2.05) is 0 Å². The third-order valence-electron chi connectivity index (χ3n) is 1.73. The number of halogens is 5. The minimum atomic E-state index is -4.96. The molecular formula is C9H6F4INO3. The Kier molecular flexibility index (Phi) is 4.71. The lowest BCUT2D eigenvalue weighted by Crippen LogP contribution is -2.20. The first-order valence-corrected chi connectivity index (χ1v) is 5.52. The number of carboxylic acid groups (broad SMARTS) is 1. The van der Waals surface area contributed by atoms with E-state index >= 15 is 0 Å². The Morgan fingerprint density at radius 3 is 2.56 bits per heavy atom. The van der Waals surface area contributed by atoms with Crippen molar-refractivity contribution in [1.82, 2.24) is 4.98 Å². The van der Waals surface area contributed by atoms with E-state index < -0.39 is 36.9 Å². The third kappa shape index (κ3) is 4.27. The quantitative estimate of drug-likeness (QED) is 0.646. The Morgan fingerprint density at radius 2 is 2.11 bits per heavy atom. The Hall–Kier alpha value is -1.13. The summed E-state index contributed by atoms with van der Waals surface area (Å²) in [7, 11) is 0. The van der Waals surface area contributed by atoms with Gasteiger partial charge in [-0.25, -0.2) is 4.39 Å². The fraction of sp³-hybridized carbons (Fsp3) is 0.333. The average Bonchev–Trinajstić information content (AvgIpc) is 2.19. The van der Waals surface area contributed by atoms with E-state index in [9.17, 15) is 22.4 Å². The first-order valence-electron chi connectivity index (χ1n) is 4.44. The number of alkyl halides is 4. The lowest BCUT2D eigenvalue weighted by molar-refractivity contribution is -0.275. The summed E-state index contributed by atoms with van der Waals surface area (Å²) in [4.78, 5) is 13.9. The summed E-state index contributed by atoms with van der Waals surface area (Å²) in [6.45, 7) is -1.28. The second-order valence-electron chi connectivity index (χ2n) is 3.12. The van der Waals surface area contributed by atoms with E-state index in [1.54, 1.807) is 0 Å². The van der Waals surface area contributed by atoms with Crippen LogP contribution in [0.5, 0.6) is 5.75 Å². The van der Waals surface area contributed by atoms with E-state index in [0.29, 0.717) is 0 Å². The van der Waals surface area contributed by atoms with Gasteiger partial charge in [0.05, 0.1) is 15.7 Å². The summed E-state index contributed by atoms with van der Waals surface area (Å²) >= 11 is 1.50. The van der Waals surface area contributed by atoms with Crippen LogP contribution in [-0.4, -0.2) is 22.4 Å². The maximum absolute atomic E-state index is 12.6. The number of carbonyl (C=O) groups is 1. The first-order chi connectivity index (χ1) is 8.23. The maximum atomic E-state index is 12.6. The van der Waals surface area contributed by atoms with Crippen LogP contribution in [-0.2, 0) is 17.9 Å². The van der Waals surface area contributed by atoms with Crippen molar-refractivity contribution >= 4 is 28.6 Å². The van der Waals surface area contributed by atoms with Crippen LogP contribution in [0.3, 0.4) is 0 Å². The first kappa shape index (κ1) is 14.9. The van der Waals surface area contributed by atoms with Gasteiger partial charge in [-0.1, -0.05) is 0 Å². The maximum Gasteiger partial charge on any atom is 0.573 e. The van der Waals surface area contributed by atoms with Gasteiger partial charge in [-0.15, -0.1) is 13.2 Å². The number of pyridine rings is 1. The van der Waals surface area contributed by atoms with Crippen LogP contribution in [0.25, 0.3) is 0 Å². The molecule has 1 N–H and O–H groups in total. The molecule has 0 aliphatic heterocycles. The monoisotopic (exact) mass is 379 g/mol. The zero-order valence-electron chi connectivity index (χ0n) is 8.59. The average molecular weight is 379 g/mol. The van der Waals surface area contributed by atoms with E-state index in [4.69, 9.17) is 5.11 Å². The molecule has 0 fully saturated rings. The normalized spacial score (nSPS) is 11.4. The van der Waals surface area contributed by atoms with Gasteiger partial charge >= 0.3 is 12.3 Å². The van der Waals surface area contributed by atoms with Crippen LogP contribution in [0.4, 0.5) is 17.6 Å². The summed E-state index contributed by atoms with van der Waals surface area (Å²) in [6.07, 6.45) is -5.46. The van der Waals surface area contributed by atoms with E-state index in [2.05, 4.69) is 9.72 Å². The summed E-state index contributed by atoms with van der Waals surface area (Å²) < 4.78 is 52.4. The Bertz CT molecular complexity index is 464. The summed E-state index contributed by atoms with van der Waals surface area (Å²) in [5.74, 6) is -1.95. The number of carboxylic acids is 1. The predicted octanol–water partition coefficient (Wildman–Crippen LogP) is 2.68. The second kappa shape index (κ2) is 5.67. The summed E-state index contributed by atoms with van der Waals surface area (Å²) in [6, 6.07) is 1.11. The van der Waals surface area contributed by atoms with E-state index in [1.165, 1.54) is 22.6 Å². The molecule has 1 rings (SSSR count). The van der Waals surface area contributed by atoms with Crippen LogP contribution in [0.15, 0.2) is 6.07 Å². The van der Waals surface area contributed by atoms with Crippen molar-refractivity contribution in [2.24, 2.45) is 0 Å². The molecule has 0 unspecified atom stereocenters. The van der Waals surface area contributed by atoms with Crippen molar-refractivity contribution in [3.63, 3.8) is 0 Å². The van der Waals surface area contributed by atoms with Gasteiger partial charge in [0.25, 0.3) is 0 Å². The largest absolute Gasteiger partial charge is 0.573 e. The third-order valence-corrected chi connectivity index (χ3v) is 2.53. The highest BCUT2D eigenvalue weighted by atomic mass is 127. The molecule has 0 radical (unpaired) electrons. The van der Waals surface area contributed by atoms with Gasteiger partial charge in [-0.05, 0) is 28.7 Å². The molecule has 0 aromatic carbocycles. The molecule has 100 valence electrons. The van der Waals surface area contributed by atoms with Crippen molar-refractivity contribution in [3.05, 3.63) is 21.0 Å². The van der Waals surface area contributed by atoms with Gasteiger partial charge in [0.2, 0.25) is 0 Å². The van der Waals surface area contributed by atoms with Crippen molar-refractivity contribution in [2.45, 2.75) is 19.5 Å². The van der Waals surface area contributed by atoms with Gasteiger partial charge in [0.15, 0.2) is 5.75 Å². The Balaban J connectivity index is 3.15. The molecule has 4 nitrogen and oxygen atoms in total. The van der Waals surface area contributed by atoms with Crippen LogP contribution in [0, 0.1) is 3.57 Å². The molecule has 0 aliphatic rings. The smallest absolute Gasteiger partial charge is 0.481 e. The molecule has 0 atom stereocenters. The lowest BCUT2D eigenvalue weighted by atomic mass is 10.2. The zero-order valence-corrected chi connectivity index (χ0v) is 10.7. The molecule has 1 aromatic heterocycles. The highest BCUT2D eigenvalue weighted by Gasteiger charge is 2.33. The molecule has 0 spiro atoms. The Labute approximate surface area is 112 Å². The molecule has 0 saturated carbocycles. The van der Waals surface area contributed by atoms with Gasteiger partial charge in [0, 0.05) is 0 Å². The van der Waals surface area contributed by atoms with E-state index in [-0.39, 0.29) is 9.26 Å². The number of aromatic nitrogens is 1. The van der Waals surface area contributed by atoms with E-state index in [0.717, 1.165) is 6.07 Å². The van der Waals surface area contributed by atoms with Gasteiger partial charge in [0.1, 0.15) is 12.4 Å². The van der Waals surface area contributed by atoms with Gasteiger partial charge in [-0.3, -0.25) is 9.78 Å². The van der Waals surface area contributed by atoms with Crippen LogP contribution < -0.4 is 4.74 Å². The molecule has 0 aliphatic carbocycles. The SMILES string of the molecule is O=C(O)Cc1cc(I)c(OC(F)(F)F)c(CF)n1. The summed E-state index contributed by atoms with van der Waals surface area (Å²) in [5.41, 5.74) is -0.607. The number of nitrogens with zero attached hydrogens (tertiary/aromatic N) is 1. The molecule has 9 heteroatoms.